The lowest BCUT2D eigenvalue weighted by atomic mass is 10.1. The van der Waals surface area contributed by atoms with Crippen molar-refractivity contribution in [2.75, 3.05) is 12.3 Å². The lowest BCUT2D eigenvalue weighted by molar-refractivity contribution is 0.0733. The standard InChI is InChI=1S/C19H19N5O/c1-12-22-16(11-18(20)23-12)17-5-3-9-24(17)19(25)14-6-7-15-13(10-14)4-2-8-21-15/h2,4,6-8,10-11,17H,3,5,9H2,1H3,(H2,20,22,23). The van der Waals surface area contributed by atoms with E-state index in [0.717, 1.165) is 36.0 Å². The molecule has 6 heteroatoms. The molecule has 4 rings (SSSR count). The van der Waals surface area contributed by atoms with E-state index < -0.39 is 0 Å². The predicted octanol–water partition coefficient (Wildman–Crippen LogP) is 2.89. The Kier molecular flexibility index (Phi) is 3.80. The van der Waals surface area contributed by atoms with Gasteiger partial charge in [0, 0.05) is 29.8 Å². The van der Waals surface area contributed by atoms with Crippen LogP contribution in [0.1, 0.15) is 40.8 Å². The summed E-state index contributed by atoms with van der Waals surface area (Å²) < 4.78 is 0. The average molecular weight is 333 g/mol. The van der Waals surface area contributed by atoms with Crippen LogP contribution in [0, 0.1) is 6.92 Å². The van der Waals surface area contributed by atoms with Crippen molar-refractivity contribution in [3.05, 3.63) is 59.7 Å². The van der Waals surface area contributed by atoms with E-state index in [0.29, 0.717) is 17.2 Å². The second-order valence-corrected chi connectivity index (χ2v) is 6.33. The Morgan fingerprint density at radius 2 is 2.12 bits per heavy atom. The van der Waals surface area contributed by atoms with Gasteiger partial charge in [0.1, 0.15) is 11.6 Å². The van der Waals surface area contributed by atoms with Crippen molar-refractivity contribution in [1.29, 1.82) is 0 Å². The molecular formula is C19H19N5O. The third kappa shape index (κ3) is 2.91. The number of fused-ring (bicyclic) bond motifs is 1. The molecule has 1 saturated heterocycles. The van der Waals surface area contributed by atoms with Crippen LogP contribution in [0.25, 0.3) is 10.9 Å². The number of hydrogen-bond donors (Lipinski definition) is 1. The van der Waals surface area contributed by atoms with Crippen molar-refractivity contribution in [3.63, 3.8) is 0 Å². The van der Waals surface area contributed by atoms with Crippen molar-refractivity contribution < 1.29 is 4.79 Å². The fourth-order valence-electron chi connectivity index (χ4n) is 3.48. The first-order valence-corrected chi connectivity index (χ1v) is 8.38. The second-order valence-electron chi connectivity index (χ2n) is 6.33. The quantitative estimate of drug-likeness (QED) is 0.779. The first-order chi connectivity index (χ1) is 12.1. The minimum absolute atomic E-state index is 0.0167. The van der Waals surface area contributed by atoms with Crippen molar-refractivity contribution in [2.24, 2.45) is 0 Å². The first kappa shape index (κ1) is 15.5. The van der Waals surface area contributed by atoms with Crippen LogP contribution in [0.5, 0.6) is 0 Å². The van der Waals surface area contributed by atoms with Crippen LogP contribution in [0.4, 0.5) is 5.82 Å². The number of aryl methyl sites for hydroxylation is 1. The molecule has 1 aromatic carbocycles. The number of carbonyl (C=O) groups is 1. The van der Waals surface area contributed by atoms with E-state index in [9.17, 15) is 4.79 Å². The molecule has 1 aliphatic heterocycles. The molecule has 2 N–H and O–H groups in total. The van der Waals surface area contributed by atoms with Crippen LogP contribution >= 0.6 is 0 Å². The highest BCUT2D eigenvalue weighted by molar-refractivity contribution is 5.98. The largest absolute Gasteiger partial charge is 0.384 e. The normalized spacial score (nSPS) is 17.2. The van der Waals surface area contributed by atoms with Crippen molar-refractivity contribution >= 4 is 22.6 Å². The topological polar surface area (TPSA) is 85.0 Å². The summed E-state index contributed by atoms with van der Waals surface area (Å²) in [5.41, 5.74) is 8.24. The zero-order chi connectivity index (χ0) is 17.4. The number of aromatic nitrogens is 3. The molecule has 6 nitrogen and oxygen atoms in total. The van der Waals surface area contributed by atoms with Crippen LogP contribution in [-0.2, 0) is 0 Å². The fraction of sp³-hybridized carbons (Fsp3) is 0.263. The summed E-state index contributed by atoms with van der Waals surface area (Å²) in [6.45, 7) is 2.54. The molecule has 3 heterocycles. The summed E-state index contributed by atoms with van der Waals surface area (Å²) >= 11 is 0. The Bertz CT molecular complexity index is 935. The van der Waals surface area contributed by atoms with Crippen LogP contribution in [0.3, 0.4) is 0 Å². The lowest BCUT2D eigenvalue weighted by Crippen LogP contribution is -2.31. The van der Waals surface area contributed by atoms with Gasteiger partial charge in [-0.25, -0.2) is 9.97 Å². The summed E-state index contributed by atoms with van der Waals surface area (Å²) in [7, 11) is 0. The maximum atomic E-state index is 13.1. The van der Waals surface area contributed by atoms with Gasteiger partial charge in [-0.05, 0) is 44.0 Å². The monoisotopic (exact) mass is 333 g/mol. The van der Waals surface area contributed by atoms with Crippen LogP contribution < -0.4 is 5.73 Å². The van der Waals surface area contributed by atoms with Gasteiger partial charge in [-0.15, -0.1) is 0 Å². The van der Waals surface area contributed by atoms with Crippen LogP contribution in [0.2, 0.25) is 0 Å². The summed E-state index contributed by atoms with van der Waals surface area (Å²) in [6, 6.07) is 11.2. The number of rotatable bonds is 2. The number of amides is 1. The number of nitrogen functional groups attached to an aromatic ring is 1. The highest BCUT2D eigenvalue weighted by Crippen LogP contribution is 2.33. The Morgan fingerprint density at radius 1 is 1.24 bits per heavy atom. The number of pyridine rings is 1. The van der Waals surface area contributed by atoms with Crippen LogP contribution in [0.15, 0.2) is 42.6 Å². The molecule has 1 fully saturated rings. The maximum Gasteiger partial charge on any atom is 0.254 e. The zero-order valence-corrected chi connectivity index (χ0v) is 14.0. The molecule has 1 aliphatic rings. The first-order valence-electron chi connectivity index (χ1n) is 8.38. The van der Waals surface area contributed by atoms with Gasteiger partial charge in [-0.2, -0.15) is 0 Å². The minimum Gasteiger partial charge on any atom is -0.384 e. The van der Waals surface area contributed by atoms with E-state index >= 15 is 0 Å². The molecule has 1 atom stereocenters. The average Bonchev–Trinajstić information content (AvgIpc) is 3.09. The van der Waals surface area contributed by atoms with E-state index in [1.54, 1.807) is 12.3 Å². The third-order valence-electron chi connectivity index (χ3n) is 4.58. The Labute approximate surface area is 145 Å². The Morgan fingerprint density at radius 3 is 2.96 bits per heavy atom. The second kappa shape index (κ2) is 6.12. The summed E-state index contributed by atoms with van der Waals surface area (Å²) in [5.74, 6) is 1.09. The third-order valence-corrected chi connectivity index (χ3v) is 4.58. The molecule has 0 bridgehead atoms. The Balaban J connectivity index is 1.67. The molecule has 1 unspecified atom stereocenters. The zero-order valence-electron chi connectivity index (χ0n) is 14.0. The fourth-order valence-corrected chi connectivity index (χ4v) is 3.48. The summed E-state index contributed by atoms with van der Waals surface area (Å²) in [5, 5.41) is 0.964. The SMILES string of the molecule is Cc1nc(N)cc(C2CCCN2C(=O)c2ccc3ncccc3c2)n1. The number of likely N-dealkylation sites (tertiary alicyclic amines) is 1. The molecule has 25 heavy (non-hydrogen) atoms. The van der Waals surface area contributed by atoms with Crippen molar-refractivity contribution in [2.45, 2.75) is 25.8 Å². The number of nitrogens with zero attached hydrogens (tertiary/aromatic N) is 4. The Hall–Kier alpha value is -3.02. The highest BCUT2D eigenvalue weighted by Gasteiger charge is 2.32. The molecule has 0 saturated carbocycles. The maximum absolute atomic E-state index is 13.1. The minimum atomic E-state index is -0.0545. The van der Waals surface area contributed by atoms with Gasteiger partial charge in [0.05, 0.1) is 17.3 Å². The number of benzene rings is 1. The van der Waals surface area contributed by atoms with E-state index in [1.165, 1.54) is 0 Å². The van der Waals surface area contributed by atoms with Crippen molar-refractivity contribution in [3.8, 4) is 0 Å². The van der Waals surface area contributed by atoms with Gasteiger partial charge in [-0.3, -0.25) is 9.78 Å². The number of anilines is 1. The van der Waals surface area contributed by atoms with Gasteiger partial charge >= 0.3 is 0 Å². The molecule has 1 amide bonds. The molecular weight excluding hydrogens is 314 g/mol. The van der Waals surface area contributed by atoms with Gasteiger partial charge in [-0.1, -0.05) is 6.07 Å². The molecule has 126 valence electrons. The summed E-state index contributed by atoms with van der Waals surface area (Å²) in [4.78, 5) is 27.9. The lowest BCUT2D eigenvalue weighted by Gasteiger charge is -2.25. The van der Waals surface area contributed by atoms with Crippen LogP contribution in [-0.4, -0.2) is 32.3 Å². The molecule has 0 radical (unpaired) electrons. The highest BCUT2D eigenvalue weighted by atomic mass is 16.2. The van der Waals surface area contributed by atoms with Gasteiger partial charge in [0.15, 0.2) is 0 Å². The molecule has 3 aromatic rings. The number of hydrogen-bond acceptors (Lipinski definition) is 5. The molecule has 2 aromatic heterocycles. The van der Waals surface area contributed by atoms with Gasteiger partial charge < -0.3 is 10.6 Å². The van der Waals surface area contributed by atoms with E-state index in [2.05, 4.69) is 15.0 Å². The summed E-state index contributed by atoms with van der Waals surface area (Å²) in [6.07, 6.45) is 3.59. The van der Waals surface area contributed by atoms with Crippen molar-refractivity contribution in [1.82, 2.24) is 19.9 Å². The number of nitrogens with two attached hydrogens (primary N) is 1. The van der Waals surface area contributed by atoms with E-state index in [1.807, 2.05) is 42.2 Å². The predicted molar refractivity (Wildman–Crippen MR) is 95.9 cm³/mol. The molecule has 0 spiro atoms. The van der Waals surface area contributed by atoms with E-state index in [-0.39, 0.29) is 11.9 Å². The van der Waals surface area contributed by atoms with Gasteiger partial charge in [0.25, 0.3) is 5.91 Å². The van der Waals surface area contributed by atoms with E-state index in [4.69, 9.17) is 5.73 Å². The smallest absolute Gasteiger partial charge is 0.254 e. The van der Waals surface area contributed by atoms with Gasteiger partial charge in [0.2, 0.25) is 0 Å². The molecule has 0 aliphatic carbocycles. The number of carbonyl (C=O) groups excluding carboxylic acids is 1.